The molecule has 2 rings (SSSR count). The van der Waals surface area contributed by atoms with Gasteiger partial charge in [0.2, 0.25) is 0 Å². The molecule has 3 N–H and O–H groups in total. The normalized spacial score (nSPS) is 18.8. The first-order valence-corrected chi connectivity index (χ1v) is 6.90. The molecule has 0 radical (unpaired) electrons. The molecule has 0 amide bonds. The second-order valence-electron chi connectivity index (χ2n) is 5.04. The van der Waals surface area contributed by atoms with E-state index < -0.39 is 17.2 Å². The van der Waals surface area contributed by atoms with Gasteiger partial charge in [0.15, 0.2) is 0 Å². The van der Waals surface area contributed by atoms with Gasteiger partial charge >= 0.3 is 6.18 Å². The van der Waals surface area contributed by atoms with Gasteiger partial charge in [-0.15, -0.1) is 0 Å². The van der Waals surface area contributed by atoms with Crippen molar-refractivity contribution in [1.82, 2.24) is 0 Å². The number of alkyl halides is 3. The molecule has 106 valence electrons. The Morgan fingerprint density at radius 1 is 1.26 bits per heavy atom. The van der Waals surface area contributed by atoms with Crippen molar-refractivity contribution in [2.45, 2.75) is 37.3 Å². The molecule has 2 nitrogen and oxygen atoms in total. The van der Waals surface area contributed by atoms with Crippen LogP contribution in [0.2, 0.25) is 0 Å². The van der Waals surface area contributed by atoms with E-state index in [0.29, 0.717) is 18.4 Å². The Labute approximate surface area is 117 Å². The van der Waals surface area contributed by atoms with Crippen LogP contribution in [0.3, 0.4) is 0 Å². The van der Waals surface area contributed by atoms with Gasteiger partial charge in [-0.3, -0.25) is 0 Å². The van der Waals surface area contributed by atoms with E-state index in [4.69, 9.17) is 5.73 Å². The summed E-state index contributed by atoms with van der Waals surface area (Å²) < 4.78 is 38.7. The van der Waals surface area contributed by atoms with Crippen LogP contribution in [0.5, 0.6) is 5.75 Å². The Kier molecular flexibility index (Phi) is 3.84. The van der Waals surface area contributed by atoms with Crippen LogP contribution >= 0.6 is 15.9 Å². The molecule has 1 aromatic rings. The van der Waals surface area contributed by atoms with Gasteiger partial charge in [-0.1, -0.05) is 12.8 Å². The molecular formula is C13H15BrF3NO. The summed E-state index contributed by atoms with van der Waals surface area (Å²) >= 11 is 3.00. The highest BCUT2D eigenvalue weighted by molar-refractivity contribution is 9.10. The molecule has 0 bridgehead atoms. The van der Waals surface area contributed by atoms with Crippen molar-refractivity contribution in [1.29, 1.82) is 0 Å². The number of hydrogen-bond donors (Lipinski definition) is 2. The van der Waals surface area contributed by atoms with Crippen molar-refractivity contribution in [2.24, 2.45) is 5.73 Å². The van der Waals surface area contributed by atoms with Crippen LogP contribution in [-0.4, -0.2) is 11.7 Å². The highest BCUT2D eigenvalue weighted by Gasteiger charge is 2.40. The van der Waals surface area contributed by atoms with Gasteiger partial charge in [-0.05, 0) is 40.9 Å². The van der Waals surface area contributed by atoms with Crippen LogP contribution in [0.1, 0.15) is 36.8 Å². The molecule has 0 atom stereocenters. The van der Waals surface area contributed by atoms with Crippen molar-refractivity contribution in [3.63, 3.8) is 0 Å². The van der Waals surface area contributed by atoms with Gasteiger partial charge in [0.05, 0.1) is 10.0 Å². The summed E-state index contributed by atoms with van der Waals surface area (Å²) in [5.41, 5.74) is 4.79. The average Bonchev–Trinajstić information content (AvgIpc) is 2.80. The lowest BCUT2D eigenvalue weighted by Crippen LogP contribution is -2.32. The molecule has 1 saturated carbocycles. The maximum absolute atomic E-state index is 12.9. The van der Waals surface area contributed by atoms with Crippen LogP contribution in [0.4, 0.5) is 13.2 Å². The zero-order chi connectivity index (χ0) is 14.3. The summed E-state index contributed by atoms with van der Waals surface area (Å²) in [7, 11) is 0. The Hall–Kier alpha value is -0.750. The van der Waals surface area contributed by atoms with Gasteiger partial charge in [-0.2, -0.15) is 13.2 Å². The minimum atomic E-state index is -4.43. The number of halogens is 4. The molecule has 1 aliphatic rings. The summed E-state index contributed by atoms with van der Waals surface area (Å²) in [5, 5.41) is 10.1. The smallest absolute Gasteiger partial charge is 0.416 e. The van der Waals surface area contributed by atoms with Gasteiger partial charge in [0, 0.05) is 17.5 Å². The predicted molar refractivity (Wildman–Crippen MR) is 70.0 cm³/mol. The van der Waals surface area contributed by atoms with Gasteiger partial charge in [0.1, 0.15) is 5.75 Å². The van der Waals surface area contributed by atoms with Crippen molar-refractivity contribution in [3.05, 3.63) is 27.7 Å². The fraction of sp³-hybridized carbons (Fsp3) is 0.538. The highest BCUT2D eigenvalue weighted by Crippen LogP contribution is 2.47. The third-order valence-electron chi connectivity index (χ3n) is 3.91. The molecule has 1 aromatic carbocycles. The lowest BCUT2D eigenvalue weighted by molar-refractivity contribution is -0.137. The minimum Gasteiger partial charge on any atom is -0.506 e. The predicted octanol–water partition coefficient (Wildman–Crippen LogP) is 3.94. The van der Waals surface area contributed by atoms with Gasteiger partial charge in [0.25, 0.3) is 0 Å². The molecule has 0 heterocycles. The Morgan fingerprint density at radius 3 is 2.32 bits per heavy atom. The number of aromatic hydroxyl groups is 1. The summed E-state index contributed by atoms with van der Waals surface area (Å²) in [6.07, 6.45) is -1.16. The van der Waals surface area contributed by atoms with Gasteiger partial charge < -0.3 is 10.8 Å². The van der Waals surface area contributed by atoms with Crippen molar-refractivity contribution < 1.29 is 18.3 Å². The monoisotopic (exact) mass is 337 g/mol. The van der Waals surface area contributed by atoms with E-state index in [1.807, 2.05) is 0 Å². The summed E-state index contributed by atoms with van der Waals surface area (Å²) in [6.45, 7) is 0.244. The second kappa shape index (κ2) is 4.98. The standard InChI is InChI=1S/C13H15BrF3NO/c14-10-6-8(13(15,16)17)5-9(11(10)19)12(7-18)3-1-2-4-12/h5-6,19H,1-4,7,18H2. The lowest BCUT2D eigenvalue weighted by atomic mass is 9.78. The number of phenolic OH excluding ortho intramolecular Hbond substituents is 1. The fourth-order valence-corrected chi connectivity index (χ4v) is 3.26. The first-order chi connectivity index (χ1) is 8.80. The number of benzene rings is 1. The molecular weight excluding hydrogens is 323 g/mol. The van der Waals surface area contributed by atoms with E-state index in [-0.39, 0.29) is 16.8 Å². The van der Waals surface area contributed by atoms with E-state index in [1.165, 1.54) is 0 Å². The third-order valence-corrected chi connectivity index (χ3v) is 4.52. The quantitative estimate of drug-likeness (QED) is 0.858. The van der Waals surface area contributed by atoms with Crippen LogP contribution in [0.15, 0.2) is 16.6 Å². The number of nitrogens with two attached hydrogens (primary N) is 1. The fourth-order valence-electron chi connectivity index (χ4n) is 2.80. The SMILES string of the molecule is NCC1(c2cc(C(F)(F)F)cc(Br)c2O)CCCC1. The minimum absolute atomic E-state index is 0.0667. The van der Waals surface area contributed by atoms with Crippen molar-refractivity contribution in [2.75, 3.05) is 6.54 Å². The maximum Gasteiger partial charge on any atom is 0.416 e. The summed E-state index contributed by atoms with van der Waals surface area (Å²) in [5.74, 6) is -0.125. The first kappa shape index (κ1) is 14.7. The topological polar surface area (TPSA) is 46.2 Å². The molecule has 0 saturated heterocycles. The number of hydrogen-bond acceptors (Lipinski definition) is 2. The second-order valence-corrected chi connectivity index (χ2v) is 5.90. The van der Waals surface area contributed by atoms with Gasteiger partial charge in [-0.25, -0.2) is 0 Å². The molecule has 6 heteroatoms. The van der Waals surface area contributed by atoms with Crippen LogP contribution < -0.4 is 5.73 Å². The zero-order valence-electron chi connectivity index (χ0n) is 10.2. The largest absolute Gasteiger partial charge is 0.506 e. The number of phenols is 1. The van der Waals surface area contributed by atoms with Crippen LogP contribution in [0.25, 0.3) is 0 Å². The molecule has 1 fully saturated rings. The molecule has 19 heavy (non-hydrogen) atoms. The maximum atomic E-state index is 12.9. The Bertz CT molecular complexity index is 482. The average molecular weight is 338 g/mol. The Morgan fingerprint density at radius 2 is 1.84 bits per heavy atom. The van der Waals surface area contributed by atoms with E-state index in [2.05, 4.69) is 15.9 Å². The molecule has 0 unspecified atom stereocenters. The van der Waals surface area contributed by atoms with Crippen molar-refractivity contribution in [3.8, 4) is 5.75 Å². The number of rotatable bonds is 2. The summed E-state index contributed by atoms with van der Waals surface area (Å²) in [4.78, 5) is 0. The van der Waals surface area contributed by atoms with Crippen molar-refractivity contribution >= 4 is 15.9 Å². The molecule has 0 aromatic heterocycles. The van der Waals surface area contributed by atoms with E-state index in [1.54, 1.807) is 0 Å². The molecule has 1 aliphatic carbocycles. The summed E-state index contributed by atoms with van der Waals surface area (Å²) in [6, 6.07) is 1.94. The highest BCUT2D eigenvalue weighted by atomic mass is 79.9. The third kappa shape index (κ3) is 2.60. The van der Waals surface area contributed by atoms with E-state index in [9.17, 15) is 18.3 Å². The zero-order valence-corrected chi connectivity index (χ0v) is 11.8. The van der Waals surface area contributed by atoms with E-state index >= 15 is 0 Å². The Balaban J connectivity index is 2.59. The van der Waals surface area contributed by atoms with Crippen LogP contribution in [0, 0.1) is 0 Å². The molecule has 0 aliphatic heterocycles. The molecule has 0 spiro atoms. The first-order valence-electron chi connectivity index (χ1n) is 6.10. The van der Waals surface area contributed by atoms with Crippen LogP contribution in [-0.2, 0) is 11.6 Å². The lowest BCUT2D eigenvalue weighted by Gasteiger charge is -2.29. The van der Waals surface area contributed by atoms with E-state index in [0.717, 1.165) is 25.0 Å².